The number of rotatable bonds is 2. The van der Waals surface area contributed by atoms with E-state index in [0.717, 1.165) is 11.3 Å². The quantitative estimate of drug-likeness (QED) is 0.795. The molecule has 0 unspecified atom stereocenters. The summed E-state index contributed by atoms with van der Waals surface area (Å²) in [4.78, 5) is 25.5. The van der Waals surface area contributed by atoms with Gasteiger partial charge in [0.1, 0.15) is 0 Å². The summed E-state index contributed by atoms with van der Waals surface area (Å²) in [6.45, 7) is 0. The van der Waals surface area contributed by atoms with E-state index in [4.69, 9.17) is 10.8 Å². The average molecular weight is 222 g/mol. The Kier molecular flexibility index (Phi) is 2.12. The van der Waals surface area contributed by atoms with Crippen LogP contribution in [0.5, 0.6) is 0 Å². The predicted molar refractivity (Wildman–Crippen MR) is 55.1 cm³/mol. The predicted octanol–water partition coefficient (Wildman–Crippen LogP) is 1.09. The molecule has 76 valence electrons. The highest BCUT2D eigenvalue weighted by Crippen LogP contribution is 2.22. The second-order valence-corrected chi connectivity index (χ2v) is 3.90. The lowest BCUT2D eigenvalue weighted by Crippen LogP contribution is -2.09. The molecule has 1 aromatic carbocycles. The van der Waals surface area contributed by atoms with Gasteiger partial charge in [0.25, 0.3) is 5.91 Å². The maximum Gasteiger partial charge on any atom is 0.335 e. The SMILES string of the molecule is NC(=O)c1nc2ccc(C(=O)O)cc2s1. The number of aromatic nitrogens is 1. The van der Waals surface area contributed by atoms with Crippen molar-refractivity contribution in [3.05, 3.63) is 28.8 Å². The lowest BCUT2D eigenvalue weighted by Gasteiger charge is -1.91. The molecular formula is C9H6N2O3S. The normalized spacial score (nSPS) is 10.4. The Morgan fingerprint density at radius 2 is 2.13 bits per heavy atom. The van der Waals surface area contributed by atoms with Crippen LogP contribution in [0.15, 0.2) is 18.2 Å². The fraction of sp³-hybridized carbons (Fsp3) is 0. The van der Waals surface area contributed by atoms with E-state index in [2.05, 4.69) is 4.98 Å². The number of fused-ring (bicyclic) bond motifs is 1. The van der Waals surface area contributed by atoms with Crippen LogP contribution in [0.4, 0.5) is 0 Å². The van der Waals surface area contributed by atoms with Crippen LogP contribution in [0.3, 0.4) is 0 Å². The van der Waals surface area contributed by atoms with Crippen LogP contribution in [0.2, 0.25) is 0 Å². The van der Waals surface area contributed by atoms with Crippen molar-refractivity contribution >= 4 is 33.4 Å². The van der Waals surface area contributed by atoms with Crippen LogP contribution < -0.4 is 5.73 Å². The Hall–Kier alpha value is -1.95. The molecular weight excluding hydrogens is 216 g/mol. The van der Waals surface area contributed by atoms with Crippen LogP contribution in [0.25, 0.3) is 10.2 Å². The van der Waals surface area contributed by atoms with Crippen LogP contribution in [-0.2, 0) is 0 Å². The molecule has 0 saturated heterocycles. The number of primary amides is 1. The second-order valence-electron chi connectivity index (χ2n) is 2.87. The highest BCUT2D eigenvalue weighted by molar-refractivity contribution is 7.20. The van der Waals surface area contributed by atoms with Gasteiger partial charge in [0.2, 0.25) is 0 Å². The van der Waals surface area contributed by atoms with Gasteiger partial charge in [-0.3, -0.25) is 4.79 Å². The lowest BCUT2D eigenvalue weighted by atomic mass is 10.2. The Morgan fingerprint density at radius 3 is 2.73 bits per heavy atom. The van der Waals surface area contributed by atoms with Crippen molar-refractivity contribution in [1.29, 1.82) is 0 Å². The molecule has 15 heavy (non-hydrogen) atoms. The van der Waals surface area contributed by atoms with Crippen LogP contribution in [0, 0.1) is 0 Å². The van der Waals surface area contributed by atoms with Crippen molar-refractivity contribution in [1.82, 2.24) is 4.98 Å². The van der Waals surface area contributed by atoms with E-state index in [-0.39, 0.29) is 10.6 Å². The van der Waals surface area contributed by atoms with Gasteiger partial charge in [0, 0.05) is 0 Å². The standard InChI is InChI=1S/C9H6N2O3S/c10-7(12)8-11-5-2-1-4(9(13)14)3-6(5)15-8/h1-3H,(H2,10,12)(H,13,14). The summed E-state index contributed by atoms with van der Waals surface area (Å²) in [5.41, 5.74) is 5.82. The van der Waals surface area contributed by atoms with Gasteiger partial charge in [0.05, 0.1) is 15.8 Å². The molecule has 0 aliphatic carbocycles. The van der Waals surface area contributed by atoms with E-state index in [9.17, 15) is 9.59 Å². The fourth-order valence-corrected chi connectivity index (χ4v) is 2.02. The third-order valence-corrected chi connectivity index (χ3v) is 2.88. The zero-order valence-corrected chi connectivity index (χ0v) is 8.25. The lowest BCUT2D eigenvalue weighted by molar-refractivity contribution is 0.0697. The van der Waals surface area contributed by atoms with Crippen molar-refractivity contribution in [3.63, 3.8) is 0 Å². The minimum absolute atomic E-state index is 0.169. The number of thiazole rings is 1. The Balaban J connectivity index is 2.62. The third-order valence-electron chi connectivity index (χ3n) is 1.85. The summed E-state index contributed by atoms with van der Waals surface area (Å²) in [7, 11) is 0. The molecule has 0 spiro atoms. The molecule has 0 fully saturated rings. The molecule has 0 atom stereocenters. The van der Waals surface area contributed by atoms with Gasteiger partial charge in [-0.2, -0.15) is 0 Å². The number of amides is 1. The molecule has 1 aromatic heterocycles. The van der Waals surface area contributed by atoms with Gasteiger partial charge >= 0.3 is 5.97 Å². The maximum absolute atomic E-state index is 10.8. The fourth-order valence-electron chi connectivity index (χ4n) is 1.16. The molecule has 0 aliphatic heterocycles. The zero-order valence-electron chi connectivity index (χ0n) is 7.43. The molecule has 1 heterocycles. The molecule has 1 amide bonds. The topological polar surface area (TPSA) is 93.3 Å². The van der Waals surface area contributed by atoms with E-state index < -0.39 is 11.9 Å². The number of nitrogens with two attached hydrogens (primary N) is 1. The summed E-state index contributed by atoms with van der Waals surface area (Å²) < 4.78 is 0.642. The monoisotopic (exact) mass is 222 g/mol. The molecule has 0 bridgehead atoms. The number of hydrogen-bond donors (Lipinski definition) is 2. The molecule has 0 aliphatic rings. The number of nitrogens with zero attached hydrogens (tertiary/aromatic N) is 1. The summed E-state index contributed by atoms with van der Waals surface area (Å²) in [6.07, 6.45) is 0. The van der Waals surface area contributed by atoms with Crippen molar-refractivity contribution in [2.24, 2.45) is 5.73 Å². The highest BCUT2D eigenvalue weighted by Gasteiger charge is 2.10. The van der Waals surface area contributed by atoms with E-state index in [1.807, 2.05) is 0 Å². The first-order valence-electron chi connectivity index (χ1n) is 4.01. The number of aromatic carboxylic acids is 1. The maximum atomic E-state index is 10.8. The summed E-state index contributed by atoms with van der Waals surface area (Å²) in [5.74, 6) is -1.61. The molecule has 5 nitrogen and oxygen atoms in total. The van der Waals surface area contributed by atoms with E-state index in [1.165, 1.54) is 12.1 Å². The van der Waals surface area contributed by atoms with Crippen molar-refractivity contribution in [2.45, 2.75) is 0 Å². The van der Waals surface area contributed by atoms with Gasteiger partial charge in [-0.25, -0.2) is 9.78 Å². The number of carboxylic acids is 1. The molecule has 2 aromatic rings. The second kappa shape index (κ2) is 3.32. The number of carboxylic acid groups (broad SMARTS) is 1. The Bertz CT molecular complexity index is 549. The summed E-state index contributed by atoms with van der Waals surface area (Å²) >= 11 is 1.09. The number of hydrogen-bond acceptors (Lipinski definition) is 4. The highest BCUT2D eigenvalue weighted by atomic mass is 32.1. The molecule has 0 saturated carbocycles. The molecule has 6 heteroatoms. The average Bonchev–Trinajstić information content (AvgIpc) is 2.59. The van der Waals surface area contributed by atoms with Gasteiger partial charge in [-0.05, 0) is 18.2 Å². The van der Waals surface area contributed by atoms with Crippen molar-refractivity contribution in [3.8, 4) is 0 Å². The van der Waals surface area contributed by atoms with E-state index in [0.29, 0.717) is 10.2 Å². The third kappa shape index (κ3) is 1.66. The number of carbonyl (C=O) groups is 2. The number of carbonyl (C=O) groups excluding carboxylic acids is 1. The van der Waals surface area contributed by atoms with E-state index >= 15 is 0 Å². The van der Waals surface area contributed by atoms with Crippen molar-refractivity contribution < 1.29 is 14.7 Å². The van der Waals surface area contributed by atoms with Gasteiger partial charge in [-0.15, -0.1) is 11.3 Å². The van der Waals surface area contributed by atoms with E-state index in [1.54, 1.807) is 6.07 Å². The minimum Gasteiger partial charge on any atom is -0.478 e. The van der Waals surface area contributed by atoms with Gasteiger partial charge in [-0.1, -0.05) is 0 Å². The molecule has 0 radical (unpaired) electrons. The van der Waals surface area contributed by atoms with Crippen LogP contribution in [-0.4, -0.2) is 22.0 Å². The zero-order chi connectivity index (χ0) is 11.0. The summed E-state index contributed by atoms with van der Waals surface area (Å²) in [5, 5.41) is 8.94. The first kappa shape index (κ1) is 9.60. The Morgan fingerprint density at radius 1 is 1.40 bits per heavy atom. The summed E-state index contributed by atoms with van der Waals surface area (Å²) in [6, 6.07) is 4.47. The molecule has 3 N–H and O–H groups in total. The first-order chi connectivity index (χ1) is 7.08. The van der Waals surface area contributed by atoms with Crippen LogP contribution in [0.1, 0.15) is 20.2 Å². The number of benzene rings is 1. The molecule has 2 rings (SSSR count). The van der Waals surface area contributed by atoms with Gasteiger partial charge in [0.15, 0.2) is 5.01 Å². The van der Waals surface area contributed by atoms with Crippen molar-refractivity contribution in [2.75, 3.05) is 0 Å². The largest absolute Gasteiger partial charge is 0.478 e. The first-order valence-corrected chi connectivity index (χ1v) is 4.83. The minimum atomic E-state index is -1.01. The smallest absolute Gasteiger partial charge is 0.335 e. The van der Waals surface area contributed by atoms with Gasteiger partial charge < -0.3 is 10.8 Å². The van der Waals surface area contributed by atoms with Crippen LogP contribution >= 0.6 is 11.3 Å². The Labute approximate surface area is 88.2 Å².